The Balaban J connectivity index is 2.03. The number of nitrogens with zero attached hydrogens (tertiary/aromatic N) is 2. The molecule has 3 aromatic carbocycles. The summed E-state index contributed by atoms with van der Waals surface area (Å²) in [6.07, 6.45) is 0. The van der Waals surface area contributed by atoms with E-state index in [2.05, 4.69) is 0 Å². The molecule has 30 heavy (non-hydrogen) atoms. The summed E-state index contributed by atoms with van der Waals surface area (Å²) in [7, 11) is 3.52. The lowest BCUT2D eigenvalue weighted by Gasteiger charge is -2.19. The first-order chi connectivity index (χ1) is 14.4. The number of para-hydroxylation sites is 1. The van der Waals surface area contributed by atoms with Gasteiger partial charge in [0, 0.05) is 40.0 Å². The van der Waals surface area contributed by atoms with E-state index in [1.165, 1.54) is 11.8 Å². The summed E-state index contributed by atoms with van der Waals surface area (Å²) < 4.78 is 0. The average Bonchev–Trinajstić information content (AvgIpc) is 2.75. The fourth-order valence-corrected chi connectivity index (χ4v) is 4.47. The number of fused-ring (bicyclic) bond motifs is 1. The summed E-state index contributed by atoms with van der Waals surface area (Å²) in [6.45, 7) is 0. The van der Waals surface area contributed by atoms with Gasteiger partial charge >= 0.3 is 0 Å². The quantitative estimate of drug-likeness (QED) is 0.332. The molecule has 0 saturated carbocycles. The zero-order valence-electron chi connectivity index (χ0n) is 16.4. The van der Waals surface area contributed by atoms with E-state index in [-0.39, 0.29) is 5.91 Å². The highest BCUT2D eigenvalue weighted by Gasteiger charge is 2.23. The lowest BCUT2D eigenvalue weighted by Crippen LogP contribution is -2.23. The van der Waals surface area contributed by atoms with Gasteiger partial charge in [-0.2, -0.15) is 0 Å². The highest BCUT2D eigenvalue weighted by atomic mass is 35.5. The van der Waals surface area contributed by atoms with Crippen molar-refractivity contribution in [2.75, 3.05) is 14.1 Å². The molecule has 1 heterocycles. The molecule has 1 amide bonds. The minimum Gasteiger partial charge on any atom is -0.345 e. The Hall–Kier alpha value is -2.53. The van der Waals surface area contributed by atoms with E-state index in [1.807, 2.05) is 72.8 Å². The summed E-state index contributed by atoms with van der Waals surface area (Å²) in [6, 6.07) is 22.8. The molecule has 0 bridgehead atoms. The Morgan fingerprint density at radius 1 is 0.867 bits per heavy atom. The topological polar surface area (TPSA) is 33.2 Å². The van der Waals surface area contributed by atoms with Gasteiger partial charge in [0.05, 0.1) is 21.7 Å². The molecule has 6 heteroatoms. The van der Waals surface area contributed by atoms with E-state index >= 15 is 0 Å². The smallest absolute Gasteiger partial charge is 0.255 e. The van der Waals surface area contributed by atoms with Crippen LogP contribution in [0.3, 0.4) is 0 Å². The normalized spacial score (nSPS) is 10.9. The lowest BCUT2D eigenvalue weighted by atomic mass is 10.0. The molecule has 0 radical (unpaired) electrons. The van der Waals surface area contributed by atoms with Crippen LogP contribution in [0.5, 0.6) is 0 Å². The molecule has 0 aliphatic heterocycles. The zero-order valence-corrected chi connectivity index (χ0v) is 18.7. The molecule has 0 unspecified atom stereocenters. The highest BCUT2D eigenvalue weighted by molar-refractivity contribution is 7.99. The van der Waals surface area contributed by atoms with Crippen LogP contribution in [0, 0.1) is 0 Å². The number of rotatable bonds is 4. The Morgan fingerprint density at radius 2 is 1.47 bits per heavy atom. The first-order valence-corrected chi connectivity index (χ1v) is 10.8. The van der Waals surface area contributed by atoms with Gasteiger partial charge in [-0.1, -0.05) is 65.3 Å². The van der Waals surface area contributed by atoms with Crippen molar-refractivity contribution in [2.45, 2.75) is 9.79 Å². The van der Waals surface area contributed by atoms with Gasteiger partial charge in [-0.3, -0.25) is 4.79 Å². The van der Waals surface area contributed by atoms with Crippen LogP contribution in [0.15, 0.2) is 82.6 Å². The number of aromatic nitrogens is 1. The molecule has 150 valence electrons. The largest absolute Gasteiger partial charge is 0.345 e. The minimum absolute atomic E-state index is 0.0692. The first kappa shape index (κ1) is 20.7. The fraction of sp³-hybridized carbons (Fsp3) is 0.0833. The van der Waals surface area contributed by atoms with E-state index in [9.17, 15) is 4.79 Å². The molecule has 4 aromatic rings. The van der Waals surface area contributed by atoms with Crippen molar-refractivity contribution in [3.8, 4) is 11.3 Å². The lowest BCUT2D eigenvalue weighted by molar-refractivity contribution is 0.0826. The van der Waals surface area contributed by atoms with E-state index in [4.69, 9.17) is 28.2 Å². The molecular formula is C24H18Cl2N2OS. The number of hydrogen-bond acceptors (Lipinski definition) is 3. The SMILES string of the molecule is CN(C)C(=O)c1c(Sc2ccc(Cl)cc2)c(-c2ccc(Cl)cc2)nc2ccccc12. The average molecular weight is 453 g/mol. The van der Waals surface area contributed by atoms with E-state index < -0.39 is 0 Å². The molecule has 0 N–H and O–H groups in total. The third-order valence-corrected chi connectivity index (χ3v) is 6.23. The van der Waals surface area contributed by atoms with Crippen molar-refractivity contribution < 1.29 is 4.79 Å². The minimum atomic E-state index is -0.0692. The van der Waals surface area contributed by atoms with Gasteiger partial charge in [0.1, 0.15) is 0 Å². The van der Waals surface area contributed by atoms with Crippen molar-refractivity contribution in [3.63, 3.8) is 0 Å². The van der Waals surface area contributed by atoms with Crippen LogP contribution in [0.4, 0.5) is 0 Å². The van der Waals surface area contributed by atoms with Gasteiger partial charge in [-0.05, 0) is 42.5 Å². The van der Waals surface area contributed by atoms with Crippen LogP contribution in [0.2, 0.25) is 10.0 Å². The van der Waals surface area contributed by atoms with Crippen LogP contribution in [-0.4, -0.2) is 29.9 Å². The maximum Gasteiger partial charge on any atom is 0.255 e. The number of carbonyl (C=O) groups excluding carboxylic acids is 1. The maximum atomic E-state index is 13.3. The molecule has 0 atom stereocenters. The summed E-state index contributed by atoms with van der Waals surface area (Å²) in [4.78, 5) is 21.6. The van der Waals surface area contributed by atoms with Crippen LogP contribution in [-0.2, 0) is 0 Å². The predicted octanol–water partition coefficient (Wildman–Crippen LogP) is 7.06. The maximum absolute atomic E-state index is 13.3. The molecule has 3 nitrogen and oxygen atoms in total. The molecule has 0 spiro atoms. The van der Waals surface area contributed by atoms with Crippen molar-refractivity contribution in [2.24, 2.45) is 0 Å². The summed E-state index contributed by atoms with van der Waals surface area (Å²) in [5.74, 6) is -0.0692. The van der Waals surface area contributed by atoms with Crippen LogP contribution < -0.4 is 0 Å². The number of pyridine rings is 1. The third-order valence-electron chi connectivity index (χ3n) is 4.62. The molecule has 0 aliphatic rings. The van der Waals surface area contributed by atoms with Crippen LogP contribution >= 0.6 is 35.0 Å². The second-order valence-electron chi connectivity index (χ2n) is 6.94. The van der Waals surface area contributed by atoms with Crippen LogP contribution in [0.1, 0.15) is 10.4 Å². The molecule has 0 aliphatic carbocycles. The number of carbonyl (C=O) groups is 1. The van der Waals surface area contributed by atoms with Gasteiger partial charge in [-0.25, -0.2) is 4.98 Å². The number of amides is 1. The Labute approximate surface area is 189 Å². The number of halogens is 2. The second kappa shape index (κ2) is 8.68. The summed E-state index contributed by atoms with van der Waals surface area (Å²) in [5, 5.41) is 2.14. The van der Waals surface area contributed by atoms with E-state index in [1.54, 1.807) is 19.0 Å². The van der Waals surface area contributed by atoms with Crippen LogP contribution in [0.25, 0.3) is 22.2 Å². The van der Waals surface area contributed by atoms with E-state index in [0.717, 1.165) is 32.0 Å². The summed E-state index contributed by atoms with van der Waals surface area (Å²) >= 11 is 13.7. The number of benzene rings is 3. The fourth-order valence-electron chi connectivity index (χ4n) is 3.15. The van der Waals surface area contributed by atoms with Crippen molar-refractivity contribution >= 4 is 51.8 Å². The molecule has 1 aromatic heterocycles. The van der Waals surface area contributed by atoms with Gasteiger partial charge in [0.15, 0.2) is 0 Å². The Kier molecular flexibility index (Phi) is 6.00. The van der Waals surface area contributed by atoms with Gasteiger partial charge < -0.3 is 4.90 Å². The standard InChI is InChI=1S/C24H18Cl2N2OS/c1-28(2)24(29)21-19-5-3-4-6-20(19)27-22(15-7-9-16(25)10-8-15)23(21)30-18-13-11-17(26)12-14-18/h3-14H,1-2H3. The first-order valence-electron chi connectivity index (χ1n) is 9.28. The molecule has 4 rings (SSSR count). The zero-order chi connectivity index (χ0) is 21.3. The van der Waals surface area contributed by atoms with E-state index in [0.29, 0.717) is 15.6 Å². The number of hydrogen-bond donors (Lipinski definition) is 0. The highest BCUT2D eigenvalue weighted by Crippen LogP contribution is 2.41. The Bertz CT molecular complexity index is 1220. The predicted molar refractivity (Wildman–Crippen MR) is 126 cm³/mol. The van der Waals surface area contributed by atoms with Crippen molar-refractivity contribution in [1.29, 1.82) is 0 Å². The van der Waals surface area contributed by atoms with Gasteiger partial charge in [0.2, 0.25) is 0 Å². The van der Waals surface area contributed by atoms with Gasteiger partial charge in [-0.15, -0.1) is 0 Å². The third kappa shape index (κ3) is 4.17. The van der Waals surface area contributed by atoms with Crippen molar-refractivity contribution in [1.82, 2.24) is 9.88 Å². The summed E-state index contributed by atoms with van der Waals surface area (Å²) in [5.41, 5.74) is 3.05. The van der Waals surface area contributed by atoms with Crippen molar-refractivity contribution in [3.05, 3.63) is 88.4 Å². The second-order valence-corrected chi connectivity index (χ2v) is 8.90. The monoisotopic (exact) mass is 452 g/mol. The Morgan fingerprint density at radius 3 is 2.10 bits per heavy atom. The molecular weight excluding hydrogens is 435 g/mol. The van der Waals surface area contributed by atoms with Gasteiger partial charge in [0.25, 0.3) is 5.91 Å². The molecule has 0 saturated heterocycles. The molecule has 0 fully saturated rings.